The van der Waals surface area contributed by atoms with Crippen molar-refractivity contribution in [3.05, 3.63) is 53.5 Å². The molecular formula is C16H17F3N4O. The van der Waals surface area contributed by atoms with Gasteiger partial charge in [0.15, 0.2) is 11.5 Å². The molecule has 2 rings (SSSR count). The van der Waals surface area contributed by atoms with Crippen LogP contribution in [-0.4, -0.2) is 27.3 Å². The molecule has 24 heavy (non-hydrogen) atoms. The quantitative estimate of drug-likeness (QED) is 0.928. The summed E-state index contributed by atoms with van der Waals surface area (Å²) in [6, 6.07) is 4.33. The van der Waals surface area contributed by atoms with Gasteiger partial charge in [-0.05, 0) is 31.5 Å². The number of carbonyl (C=O) groups is 1. The van der Waals surface area contributed by atoms with Crippen LogP contribution in [0.5, 0.6) is 0 Å². The molecule has 0 bridgehead atoms. The van der Waals surface area contributed by atoms with Gasteiger partial charge in [0.2, 0.25) is 0 Å². The van der Waals surface area contributed by atoms with E-state index in [1.807, 2.05) is 0 Å². The molecule has 0 saturated heterocycles. The fourth-order valence-electron chi connectivity index (χ4n) is 2.40. The van der Waals surface area contributed by atoms with Gasteiger partial charge in [0.25, 0.3) is 5.91 Å². The zero-order valence-electron chi connectivity index (χ0n) is 13.2. The van der Waals surface area contributed by atoms with Crippen molar-refractivity contribution in [2.75, 3.05) is 12.3 Å². The first-order valence-electron chi connectivity index (χ1n) is 7.30. The third-order valence-corrected chi connectivity index (χ3v) is 3.69. The van der Waals surface area contributed by atoms with Crippen molar-refractivity contribution < 1.29 is 18.0 Å². The van der Waals surface area contributed by atoms with Crippen LogP contribution in [0.25, 0.3) is 0 Å². The minimum atomic E-state index is -4.44. The Bertz CT molecular complexity index is 733. The first-order chi connectivity index (χ1) is 11.3. The van der Waals surface area contributed by atoms with E-state index < -0.39 is 23.7 Å². The minimum absolute atomic E-state index is 0.0156. The maximum Gasteiger partial charge on any atom is 0.416 e. The summed E-state index contributed by atoms with van der Waals surface area (Å²) in [7, 11) is 0. The fourth-order valence-corrected chi connectivity index (χ4v) is 2.40. The van der Waals surface area contributed by atoms with Crippen LogP contribution >= 0.6 is 0 Å². The van der Waals surface area contributed by atoms with Crippen molar-refractivity contribution in [1.29, 1.82) is 0 Å². The Morgan fingerprint density at radius 2 is 1.96 bits per heavy atom. The van der Waals surface area contributed by atoms with E-state index in [1.165, 1.54) is 23.4 Å². The monoisotopic (exact) mass is 338 g/mol. The van der Waals surface area contributed by atoms with Crippen molar-refractivity contribution in [2.24, 2.45) is 0 Å². The number of nitrogen functional groups attached to an aromatic ring is 1. The Morgan fingerprint density at radius 3 is 2.54 bits per heavy atom. The number of aromatic nitrogens is 2. The van der Waals surface area contributed by atoms with Crippen LogP contribution in [-0.2, 0) is 6.18 Å². The number of halogens is 3. The summed E-state index contributed by atoms with van der Waals surface area (Å²) >= 11 is 0. The molecule has 5 nitrogen and oxygen atoms in total. The third kappa shape index (κ3) is 3.64. The van der Waals surface area contributed by atoms with Gasteiger partial charge in [-0.1, -0.05) is 12.1 Å². The normalized spacial score (nSPS) is 12.7. The van der Waals surface area contributed by atoms with Crippen LogP contribution in [0.1, 0.15) is 41.5 Å². The number of hydrogen-bond acceptors (Lipinski definition) is 4. The Morgan fingerprint density at radius 1 is 1.29 bits per heavy atom. The number of nitrogens with zero attached hydrogens (tertiary/aromatic N) is 3. The Kier molecular flexibility index (Phi) is 5.06. The van der Waals surface area contributed by atoms with E-state index in [-0.39, 0.29) is 18.1 Å². The molecule has 0 spiro atoms. The maximum atomic E-state index is 12.9. The van der Waals surface area contributed by atoms with E-state index in [1.54, 1.807) is 19.9 Å². The van der Waals surface area contributed by atoms with Gasteiger partial charge in [-0.25, -0.2) is 9.97 Å². The topological polar surface area (TPSA) is 72.1 Å². The highest BCUT2D eigenvalue weighted by Gasteiger charge is 2.32. The first-order valence-corrected chi connectivity index (χ1v) is 7.30. The van der Waals surface area contributed by atoms with E-state index in [0.29, 0.717) is 5.56 Å². The number of amides is 1. The molecule has 1 amide bonds. The predicted molar refractivity (Wildman–Crippen MR) is 83.0 cm³/mol. The smallest absolute Gasteiger partial charge is 0.382 e. The van der Waals surface area contributed by atoms with Gasteiger partial charge in [0.05, 0.1) is 11.6 Å². The number of carbonyl (C=O) groups excluding carboxylic acids is 1. The Balaban J connectivity index is 2.34. The lowest BCUT2D eigenvalue weighted by Crippen LogP contribution is -2.34. The second kappa shape index (κ2) is 6.86. The lowest BCUT2D eigenvalue weighted by molar-refractivity contribution is -0.137. The second-order valence-electron chi connectivity index (χ2n) is 5.18. The second-order valence-corrected chi connectivity index (χ2v) is 5.18. The molecule has 0 radical (unpaired) electrons. The number of alkyl halides is 3. The van der Waals surface area contributed by atoms with Crippen LogP contribution in [0.4, 0.5) is 19.0 Å². The minimum Gasteiger partial charge on any atom is -0.382 e. The average molecular weight is 338 g/mol. The van der Waals surface area contributed by atoms with Crippen molar-refractivity contribution in [3.63, 3.8) is 0 Å². The summed E-state index contributed by atoms with van der Waals surface area (Å²) < 4.78 is 38.6. The average Bonchev–Trinajstić information content (AvgIpc) is 2.55. The van der Waals surface area contributed by atoms with E-state index in [0.717, 1.165) is 12.1 Å². The summed E-state index contributed by atoms with van der Waals surface area (Å²) in [6.45, 7) is 3.67. The van der Waals surface area contributed by atoms with E-state index in [4.69, 9.17) is 5.73 Å². The standard InChI is InChI=1S/C16H17F3N4O/c1-3-23(15(24)13-14(20)22-8-7-21-13)10(2)11-5-4-6-12(9-11)16(17,18)19/h4-10H,3H2,1-2H3,(H2,20,22). The van der Waals surface area contributed by atoms with Gasteiger partial charge in [0, 0.05) is 18.9 Å². The first kappa shape index (κ1) is 17.7. The molecule has 2 N–H and O–H groups in total. The summed E-state index contributed by atoms with van der Waals surface area (Å²) in [6.07, 6.45) is -1.74. The molecule has 0 aliphatic heterocycles. The molecule has 0 saturated carbocycles. The lowest BCUT2D eigenvalue weighted by Gasteiger charge is -2.28. The van der Waals surface area contributed by atoms with Crippen molar-refractivity contribution >= 4 is 11.7 Å². The third-order valence-electron chi connectivity index (χ3n) is 3.69. The summed E-state index contributed by atoms with van der Waals surface area (Å²) in [5.41, 5.74) is 5.27. The van der Waals surface area contributed by atoms with Gasteiger partial charge < -0.3 is 10.6 Å². The maximum absolute atomic E-state index is 12.9. The largest absolute Gasteiger partial charge is 0.416 e. The number of anilines is 1. The zero-order chi connectivity index (χ0) is 17.9. The van der Waals surface area contributed by atoms with Gasteiger partial charge in [-0.15, -0.1) is 0 Å². The van der Waals surface area contributed by atoms with Crippen molar-refractivity contribution in [1.82, 2.24) is 14.9 Å². The molecule has 1 aromatic carbocycles. The Labute approximate surface area is 137 Å². The number of benzene rings is 1. The van der Waals surface area contributed by atoms with Crippen LogP contribution in [0.2, 0.25) is 0 Å². The van der Waals surface area contributed by atoms with Gasteiger partial charge in [0.1, 0.15) is 0 Å². The highest BCUT2D eigenvalue weighted by molar-refractivity contribution is 5.96. The lowest BCUT2D eigenvalue weighted by atomic mass is 10.0. The van der Waals surface area contributed by atoms with Gasteiger partial charge >= 0.3 is 6.18 Å². The molecule has 0 aliphatic rings. The van der Waals surface area contributed by atoms with Gasteiger partial charge in [-0.3, -0.25) is 4.79 Å². The number of nitrogens with two attached hydrogens (primary N) is 1. The molecule has 1 heterocycles. The van der Waals surface area contributed by atoms with E-state index >= 15 is 0 Å². The molecule has 1 unspecified atom stereocenters. The zero-order valence-corrected chi connectivity index (χ0v) is 13.2. The van der Waals surface area contributed by atoms with E-state index in [9.17, 15) is 18.0 Å². The number of rotatable bonds is 4. The molecule has 2 aromatic rings. The van der Waals surface area contributed by atoms with E-state index in [2.05, 4.69) is 9.97 Å². The highest BCUT2D eigenvalue weighted by atomic mass is 19.4. The Hall–Kier alpha value is -2.64. The van der Waals surface area contributed by atoms with Crippen molar-refractivity contribution in [2.45, 2.75) is 26.1 Å². The van der Waals surface area contributed by atoms with Crippen LogP contribution in [0.3, 0.4) is 0 Å². The van der Waals surface area contributed by atoms with Crippen LogP contribution in [0.15, 0.2) is 36.7 Å². The molecule has 0 aliphatic carbocycles. The highest BCUT2D eigenvalue weighted by Crippen LogP contribution is 2.32. The van der Waals surface area contributed by atoms with Crippen molar-refractivity contribution in [3.8, 4) is 0 Å². The van der Waals surface area contributed by atoms with Crippen LogP contribution < -0.4 is 5.73 Å². The molecule has 0 fully saturated rings. The summed E-state index contributed by atoms with van der Waals surface area (Å²) in [5, 5.41) is 0. The van der Waals surface area contributed by atoms with Crippen LogP contribution in [0, 0.1) is 0 Å². The molecule has 1 atom stereocenters. The van der Waals surface area contributed by atoms with Gasteiger partial charge in [-0.2, -0.15) is 13.2 Å². The SMILES string of the molecule is CCN(C(=O)c1nccnc1N)C(C)c1cccc(C(F)(F)F)c1. The predicted octanol–water partition coefficient (Wildman–Crippen LogP) is 3.30. The molecule has 8 heteroatoms. The summed E-state index contributed by atoms with van der Waals surface area (Å²) in [4.78, 5) is 21.7. The number of hydrogen-bond donors (Lipinski definition) is 1. The molecular weight excluding hydrogens is 321 g/mol. The molecule has 1 aromatic heterocycles. The summed E-state index contributed by atoms with van der Waals surface area (Å²) in [5.74, 6) is -0.495. The molecule has 128 valence electrons. The fraction of sp³-hybridized carbons (Fsp3) is 0.312.